The molecular formula is C19H30N2O3. The van der Waals surface area contributed by atoms with Crippen molar-refractivity contribution in [2.24, 2.45) is 5.92 Å². The van der Waals surface area contributed by atoms with Gasteiger partial charge in [0.1, 0.15) is 5.60 Å². The molecule has 1 aromatic rings. The fraction of sp³-hybridized carbons (Fsp3) is 0.684. The van der Waals surface area contributed by atoms with Crippen molar-refractivity contribution in [2.45, 2.75) is 77.0 Å². The van der Waals surface area contributed by atoms with Crippen molar-refractivity contribution in [1.29, 1.82) is 0 Å². The molecule has 0 bridgehead atoms. The standard InChI is InChI=1S/C19H30N2O3/c1-18(2,3)24-17(22)21-19(23,16-11-7-8-14-20-16)13-12-15-9-5-4-6-10-15/h7-8,11,14-15,23H,4-6,9-10,12-13H2,1-3H3,(H,21,22)/t19-/m0/s1. The van der Waals surface area contributed by atoms with Gasteiger partial charge in [0.25, 0.3) is 0 Å². The molecule has 0 aliphatic heterocycles. The molecular weight excluding hydrogens is 304 g/mol. The van der Waals surface area contributed by atoms with E-state index in [0.29, 0.717) is 18.0 Å². The molecule has 0 radical (unpaired) electrons. The van der Waals surface area contributed by atoms with Crippen molar-refractivity contribution in [3.63, 3.8) is 0 Å². The van der Waals surface area contributed by atoms with Crippen LogP contribution in [0.3, 0.4) is 0 Å². The maximum atomic E-state index is 12.2. The molecule has 24 heavy (non-hydrogen) atoms. The van der Waals surface area contributed by atoms with E-state index in [1.54, 1.807) is 39.1 Å². The first-order chi connectivity index (χ1) is 11.3. The van der Waals surface area contributed by atoms with E-state index in [0.717, 1.165) is 6.42 Å². The molecule has 1 heterocycles. The number of rotatable bonds is 5. The molecule has 1 aliphatic carbocycles. The quantitative estimate of drug-likeness (QED) is 0.795. The monoisotopic (exact) mass is 334 g/mol. The third-order valence-electron chi connectivity index (χ3n) is 4.44. The molecule has 1 aromatic heterocycles. The van der Waals surface area contributed by atoms with Gasteiger partial charge in [-0.1, -0.05) is 38.2 Å². The van der Waals surface area contributed by atoms with E-state index >= 15 is 0 Å². The molecule has 2 N–H and O–H groups in total. The van der Waals surface area contributed by atoms with Crippen LogP contribution in [0, 0.1) is 5.92 Å². The van der Waals surface area contributed by atoms with Gasteiger partial charge in [-0.3, -0.25) is 10.3 Å². The summed E-state index contributed by atoms with van der Waals surface area (Å²) in [5.74, 6) is 0.606. The molecule has 5 nitrogen and oxygen atoms in total. The molecule has 1 aliphatic rings. The van der Waals surface area contributed by atoms with E-state index < -0.39 is 17.4 Å². The van der Waals surface area contributed by atoms with E-state index in [1.807, 2.05) is 6.07 Å². The molecule has 134 valence electrons. The summed E-state index contributed by atoms with van der Waals surface area (Å²) in [6.07, 6.45) is 8.51. The molecule has 1 amide bonds. The van der Waals surface area contributed by atoms with Crippen molar-refractivity contribution in [3.05, 3.63) is 30.1 Å². The normalized spacial score (nSPS) is 18.7. The Balaban J connectivity index is 2.07. The fourth-order valence-corrected chi connectivity index (χ4v) is 3.22. The van der Waals surface area contributed by atoms with Gasteiger partial charge < -0.3 is 9.84 Å². The second-order valence-corrected chi connectivity index (χ2v) is 7.74. The van der Waals surface area contributed by atoms with E-state index in [1.165, 1.54) is 32.1 Å². The lowest BCUT2D eigenvalue weighted by molar-refractivity contribution is -0.0309. The summed E-state index contributed by atoms with van der Waals surface area (Å²) in [5, 5.41) is 13.7. The Kier molecular flexibility index (Phi) is 6.21. The van der Waals surface area contributed by atoms with Crippen LogP contribution in [0.25, 0.3) is 0 Å². The first-order valence-electron chi connectivity index (χ1n) is 8.93. The van der Waals surface area contributed by atoms with Crippen LogP contribution in [0.2, 0.25) is 0 Å². The largest absolute Gasteiger partial charge is 0.444 e. The van der Waals surface area contributed by atoms with Crippen molar-refractivity contribution < 1.29 is 14.6 Å². The molecule has 1 saturated carbocycles. The highest BCUT2D eigenvalue weighted by Gasteiger charge is 2.35. The molecule has 0 aromatic carbocycles. The van der Waals surface area contributed by atoms with Crippen LogP contribution in [0.4, 0.5) is 4.79 Å². The van der Waals surface area contributed by atoms with Gasteiger partial charge in [0, 0.05) is 12.6 Å². The minimum Gasteiger partial charge on any atom is -0.444 e. The molecule has 0 saturated heterocycles. The number of aliphatic hydroxyl groups is 1. The number of ether oxygens (including phenoxy) is 1. The third kappa shape index (κ3) is 5.78. The fourth-order valence-electron chi connectivity index (χ4n) is 3.22. The van der Waals surface area contributed by atoms with E-state index in [4.69, 9.17) is 4.74 Å². The van der Waals surface area contributed by atoms with Crippen LogP contribution in [0.5, 0.6) is 0 Å². The molecule has 0 spiro atoms. The van der Waals surface area contributed by atoms with Crippen LogP contribution in [0.1, 0.15) is 71.4 Å². The van der Waals surface area contributed by atoms with Crippen molar-refractivity contribution in [3.8, 4) is 0 Å². The van der Waals surface area contributed by atoms with Crippen molar-refractivity contribution in [2.75, 3.05) is 0 Å². The SMILES string of the molecule is CC(C)(C)OC(=O)N[C@](O)(CCC1CCCCC1)c1ccccn1. The van der Waals surface area contributed by atoms with Gasteiger partial charge in [-0.15, -0.1) is 0 Å². The Bertz CT molecular complexity index is 521. The minimum atomic E-state index is -1.50. The Labute approximate surface area is 144 Å². The van der Waals surface area contributed by atoms with Gasteiger partial charge in [0.15, 0.2) is 5.72 Å². The number of alkyl carbamates (subject to hydrolysis) is 1. The Hall–Kier alpha value is -1.62. The molecule has 5 heteroatoms. The van der Waals surface area contributed by atoms with Crippen LogP contribution in [0.15, 0.2) is 24.4 Å². The number of hydrogen-bond acceptors (Lipinski definition) is 4. The maximum absolute atomic E-state index is 12.2. The summed E-state index contributed by atoms with van der Waals surface area (Å²) in [6, 6.07) is 5.33. The highest BCUT2D eigenvalue weighted by Crippen LogP contribution is 2.32. The van der Waals surface area contributed by atoms with Gasteiger partial charge in [0.2, 0.25) is 0 Å². The lowest BCUT2D eigenvalue weighted by Crippen LogP contribution is -2.48. The number of carbonyl (C=O) groups excluding carboxylic acids is 1. The summed E-state index contributed by atoms with van der Waals surface area (Å²) in [5.41, 5.74) is -1.66. The number of amides is 1. The van der Waals surface area contributed by atoms with E-state index in [9.17, 15) is 9.90 Å². The summed E-state index contributed by atoms with van der Waals surface area (Å²) in [4.78, 5) is 16.4. The Morgan fingerprint density at radius 1 is 1.29 bits per heavy atom. The number of carbonyl (C=O) groups is 1. The lowest BCUT2D eigenvalue weighted by atomic mass is 9.84. The lowest BCUT2D eigenvalue weighted by Gasteiger charge is -2.32. The molecule has 2 rings (SSSR count). The van der Waals surface area contributed by atoms with Gasteiger partial charge in [-0.05, 0) is 45.2 Å². The van der Waals surface area contributed by atoms with Gasteiger partial charge in [-0.2, -0.15) is 0 Å². The molecule has 0 unspecified atom stereocenters. The van der Waals surface area contributed by atoms with Crippen LogP contribution in [-0.4, -0.2) is 21.8 Å². The highest BCUT2D eigenvalue weighted by molar-refractivity contribution is 5.68. The zero-order valence-electron chi connectivity index (χ0n) is 15.0. The zero-order valence-corrected chi connectivity index (χ0v) is 15.0. The van der Waals surface area contributed by atoms with Crippen LogP contribution < -0.4 is 5.32 Å². The third-order valence-corrected chi connectivity index (χ3v) is 4.44. The maximum Gasteiger partial charge on any atom is 0.410 e. The van der Waals surface area contributed by atoms with E-state index in [2.05, 4.69) is 10.3 Å². The smallest absolute Gasteiger partial charge is 0.410 e. The number of hydrogen-bond donors (Lipinski definition) is 2. The summed E-state index contributed by atoms with van der Waals surface area (Å²) in [7, 11) is 0. The topological polar surface area (TPSA) is 71.5 Å². The van der Waals surface area contributed by atoms with Crippen molar-refractivity contribution in [1.82, 2.24) is 10.3 Å². The predicted octanol–water partition coefficient (Wildman–Crippen LogP) is 4.11. The average Bonchev–Trinajstić information content (AvgIpc) is 2.53. The first kappa shape index (κ1) is 18.7. The minimum absolute atomic E-state index is 0.438. The average molecular weight is 334 g/mol. The number of aromatic nitrogens is 1. The second-order valence-electron chi connectivity index (χ2n) is 7.74. The summed E-state index contributed by atoms with van der Waals surface area (Å²) < 4.78 is 5.31. The highest BCUT2D eigenvalue weighted by atomic mass is 16.6. The van der Waals surface area contributed by atoms with Crippen LogP contribution >= 0.6 is 0 Å². The Morgan fingerprint density at radius 2 is 2.00 bits per heavy atom. The number of nitrogens with zero attached hydrogens (tertiary/aromatic N) is 1. The van der Waals surface area contributed by atoms with E-state index in [-0.39, 0.29) is 0 Å². The first-order valence-corrected chi connectivity index (χ1v) is 8.93. The number of pyridine rings is 1. The predicted molar refractivity (Wildman–Crippen MR) is 93.3 cm³/mol. The van der Waals surface area contributed by atoms with Gasteiger partial charge in [0.05, 0.1) is 5.69 Å². The molecule has 1 fully saturated rings. The second kappa shape index (κ2) is 7.97. The number of nitrogens with one attached hydrogen (secondary N) is 1. The zero-order chi connectivity index (χ0) is 17.6. The summed E-state index contributed by atoms with van der Waals surface area (Å²) in [6.45, 7) is 5.40. The molecule has 1 atom stereocenters. The summed E-state index contributed by atoms with van der Waals surface area (Å²) >= 11 is 0. The van der Waals surface area contributed by atoms with Crippen molar-refractivity contribution >= 4 is 6.09 Å². The van der Waals surface area contributed by atoms with Gasteiger partial charge in [-0.25, -0.2) is 4.79 Å². The van der Waals surface area contributed by atoms with Crippen LogP contribution in [-0.2, 0) is 10.5 Å². The Morgan fingerprint density at radius 3 is 2.58 bits per heavy atom. The van der Waals surface area contributed by atoms with Gasteiger partial charge >= 0.3 is 6.09 Å².